The quantitative estimate of drug-likeness (QED) is 0.428. The molecule has 0 saturated heterocycles. The number of benzene rings is 3. The predicted molar refractivity (Wildman–Crippen MR) is 136 cm³/mol. The Morgan fingerprint density at radius 3 is 2.41 bits per heavy atom. The van der Waals surface area contributed by atoms with E-state index in [1.54, 1.807) is 20.3 Å². The molecule has 178 valence electrons. The maximum absolute atomic E-state index is 12.7. The molecule has 34 heavy (non-hydrogen) atoms. The zero-order chi connectivity index (χ0) is 24.2. The van der Waals surface area contributed by atoms with Crippen molar-refractivity contribution in [1.82, 2.24) is 4.90 Å². The molecule has 0 radical (unpaired) electrons. The topological polar surface area (TPSA) is 64.8 Å². The van der Waals surface area contributed by atoms with Crippen molar-refractivity contribution in [2.24, 2.45) is 5.73 Å². The number of ether oxygens (including phenoxy) is 2. The minimum absolute atomic E-state index is 0.0759. The number of hydrogen-bond acceptors (Lipinski definition) is 4. The van der Waals surface area contributed by atoms with E-state index >= 15 is 0 Å². The summed E-state index contributed by atoms with van der Waals surface area (Å²) in [5.74, 6) is 0.987. The maximum atomic E-state index is 12.7. The number of fused-ring (bicyclic) bond motifs is 1. The lowest BCUT2D eigenvalue weighted by molar-refractivity contribution is -0.124. The van der Waals surface area contributed by atoms with Crippen molar-refractivity contribution in [2.75, 3.05) is 20.8 Å². The zero-order valence-corrected chi connectivity index (χ0v) is 20.8. The number of amides is 1. The smallest absolute Gasteiger partial charge is 0.239 e. The molecule has 1 heterocycles. The molecule has 0 bridgehead atoms. The van der Waals surface area contributed by atoms with Crippen LogP contribution >= 0.6 is 23.2 Å². The highest BCUT2D eigenvalue weighted by Crippen LogP contribution is 2.43. The van der Waals surface area contributed by atoms with Gasteiger partial charge in [-0.05, 0) is 65.8 Å². The summed E-state index contributed by atoms with van der Waals surface area (Å²) in [7, 11) is 3.27. The van der Waals surface area contributed by atoms with Crippen LogP contribution in [0.3, 0.4) is 0 Å². The first-order valence-electron chi connectivity index (χ1n) is 11.2. The number of hydrogen-bond donors (Lipinski definition) is 1. The van der Waals surface area contributed by atoms with Gasteiger partial charge in [-0.15, -0.1) is 0 Å². The number of rotatable bonds is 8. The third-order valence-corrected chi connectivity index (χ3v) is 7.05. The third kappa shape index (κ3) is 5.02. The SMILES string of the molecule is COc1cc2c(cc1OC)[C@H](CCc1ccc(Cl)cc1Cl)N(C(C(N)=O)c1ccccc1)CC2. The van der Waals surface area contributed by atoms with Gasteiger partial charge < -0.3 is 15.2 Å². The van der Waals surface area contributed by atoms with Crippen molar-refractivity contribution in [3.05, 3.63) is 93.0 Å². The van der Waals surface area contributed by atoms with E-state index in [0.29, 0.717) is 34.5 Å². The number of methoxy groups -OCH3 is 2. The summed E-state index contributed by atoms with van der Waals surface area (Å²) < 4.78 is 11.1. The Morgan fingerprint density at radius 1 is 1.06 bits per heavy atom. The summed E-state index contributed by atoms with van der Waals surface area (Å²) in [6, 6.07) is 18.7. The van der Waals surface area contributed by atoms with Crippen molar-refractivity contribution in [3.63, 3.8) is 0 Å². The van der Waals surface area contributed by atoms with Crippen molar-refractivity contribution >= 4 is 29.1 Å². The lowest BCUT2D eigenvalue weighted by Gasteiger charge is -2.41. The summed E-state index contributed by atoms with van der Waals surface area (Å²) >= 11 is 12.6. The Balaban J connectivity index is 1.76. The first-order chi connectivity index (χ1) is 16.4. The van der Waals surface area contributed by atoms with Gasteiger partial charge >= 0.3 is 0 Å². The van der Waals surface area contributed by atoms with Gasteiger partial charge in [0.1, 0.15) is 6.04 Å². The summed E-state index contributed by atoms with van der Waals surface area (Å²) in [5.41, 5.74) is 10.1. The molecule has 1 unspecified atom stereocenters. The van der Waals surface area contributed by atoms with Gasteiger partial charge in [0, 0.05) is 22.6 Å². The second kappa shape index (κ2) is 10.7. The van der Waals surface area contributed by atoms with Crippen LogP contribution in [0, 0.1) is 0 Å². The van der Waals surface area contributed by atoms with E-state index in [1.807, 2.05) is 54.6 Å². The highest BCUT2D eigenvalue weighted by Gasteiger charge is 2.36. The lowest BCUT2D eigenvalue weighted by Crippen LogP contribution is -2.44. The summed E-state index contributed by atoms with van der Waals surface area (Å²) in [6.45, 7) is 0.685. The van der Waals surface area contributed by atoms with E-state index in [0.717, 1.165) is 29.5 Å². The second-order valence-electron chi connectivity index (χ2n) is 8.40. The highest BCUT2D eigenvalue weighted by molar-refractivity contribution is 6.35. The summed E-state index contributed by atoms with van der Waals surface area (Å²) in [6.07, 6.45) is 2.22. The van der Waals surface area contributed by atoms with E-state index in [4.69, 9.17) is 38.4 Å². The fourth-order valence-corrected chi connectivity index (χ4v) is 5.35. The molecule has 1 aliphatic heterocycles. The van der Waals surface area contributed by atoms with E-state index in [-0.39, 0.29) is 11.9 Å². The van der Waals surface area contributed by atoms with E-state index in [1.165, 1.54) is 5.56 Å². The van der Waals surface area contributed by atoms with Crippen LogP contribution in [-0.2, 0) is 17.6 Å². The van der Waals surface area contributed by atoms with Gasteiger partial charge in [0.25, 0.3) is 0 Å². The van der Waals surface area contributed by atoms with Gasteiger partial charge in [-0.3, -0.25) is 9.69 Å². The number of carbonyl (C=O) groups is 1. The standard InChI is InChI=1S/C27H28Cl2N2O3/c1-33-24-14-19-12-13-31(26(27(30)32)18-6-4-3-5-7-18)23(21(19)16-25(24)34-2)11-9-17-8-10-20(28)15-22(17)29/h3-8,10,14-16,23,26H,9,11-13H2,1-2H3,(H2,30,32)/t23-,26?/m0/s1. The first kappa shape index (κ1) is 24.4. The number of primary amides is 1. The number of carbonyl (C=O) groups excluding carboxylic acids is 1. The molecule has 5 nitrogen and oxygen atoms in total. The van der Waals surface area contributed by atoms with Gasteiger partial charge in [0.2, 0.25) is 5.91 Å². The zero-order valence-electron chi connectivity index (χ0n) is 19.3. The summed E-state index contributed by atoms with van der Waals surface area (Å²) in [5, 5.41) is 1.24. The maximum Gasteiger partial charge on any atom is 0.239 e. The molecule has 0 saturated carbocycles. The molecule has 0 fully saturated rings. The molecule has 2 N–H and O–H groups in total. The number of aryl methyl sites for hydroxylation is 1. The molecule has 1 aliphatic rings. The molecular formula is C27H28Cl2N2O3. The fourth-order valence-electron chi connectivity index (χ4n) is 4.85. The van der Waals surface area contributed by atoms with Crippen LogP contribution in [0.2, 0.25) is 10.0 Å². The largest absolute Gasteiger partial charge is 0.493 e. The molecule has 3 aromatic rings. The highest BCUT2D eigenvalue weighted by atomic mass is 35.5. The van der Waals surface area contributed by atoms with Gasteiger partial charge in [-0.2, -0.15) is 0 Å². The third-order valence-electron chi connectivity index (χ3n) is 6.46. The van der Waals surface area contributed by atoms with E-state index in [9.17, 15) is 4.79 Å². The van der Waals surface area contributed by atoms with Gasteiger partial charge in [-0.1, -0.05) is 59.6 Å². The Hall–Kier alpha value is -2.73. The molecule has 2 atom stereocenters. The van der Waals surface area contributed by atoms with Crippen LogP contribution in [0.1, 0.15) is 40.8 Å². The molecule has 0 aromatic heterocycles. The fraction of sp³-hybridized carbons (Fsp3) is 0.296. The number of halogens is 2. The van der Waals surface area contributed by atoms with Gasteiger partial charge in [0.05, 0.1) is 14.2 Å². The van der Waals surface area contributed by atoms with E-state index in [2.05, 4.69) is 4.90 Å². The van der Waals surface area contributed by atoms with Crippen LogP contribution in [0.5, 0.6) is 11.5 Å². The second-order valence-corrected chi connectivity index (χ2v) is 9.24. The predicted octanol–water partition coefficient (Wildman–Crippen LogP) is 5.77. The van der Waals surface area contributed by atoms with Crippen molar-refractivity contribution in [1.29, 1.82) is 0 Å². The van der Waals surface area contributed by atoms with Crippen LogP contribution in [0.15, 0.2) is 60.7 Å². The monoisotopic (exact) mass is 498 g/mol. The Morgan fingerprint density at radius 2 is 1.76 bits per heavy atom. The average molecular weight is 499 g/mol. The molecule has 7 heteroatoms. The minimum atomic E-state index is -0.548. The Bertz CT molecular complexity index is 1170. The Labute approximate surface area is 210 Å². The average Bonchev–Trinajstić information content (AvgIpc) is 2.83. The lowest BCUT2D eigenvalue weighted by atomic mass is 9.86. The van der Waals surface area contributed by atoms with Crippen molar-refractivity contribution < 1.29 is 14.3 Å². The molecule has 0 spiro atoms. The van der Waals surface area contributed by atoms with Crippen molar-refractivity contribution in [3.8, 4) is 11.5 Å². The van der Waals surface area contributed by atoms with Crippen LogP contribution in [0.25, 0.3) is 0 Å². The van der Waals surface area contributed by atoms with Crippen molar-refractivity contribution in [2.45, 2.75) is 31.3 Å². The molecule has 3 aromatic carbocycles. The van der Waals surface area contributed by atoms with Crippen LogP contribution in [-0.4, -0.2) is 31.6 Å². The Kier molecular flexibility index (Phi) is 7.67. The number of nitrogens with zero attached hydrogens (tertiary/aromatic N) is 1. The number of nitrogens with two attached hydrogens (primary N) is 1. The molecule has 0 aliphatic carbocycles. The van der Waals surface area contributed by atoms with Crippen LogP contribution in [0.4, 0.5) is 0 Å². The first-order valence-corrected chi connectivity index (χ1v) is 12.0. The van der Waals surface area contributed by atoms with Gasteiger partial charge in [-0.25, -0.2) is 0 Å². The van der Waals surface area contributed by atoms with Crippen LogP contribution < -0.4 is 15.2 Å². The molecule has 1 amide bonds. The van der Waals surface area contributed by atoms with E-state index < -0.39 is 6.04 Å². The molecular weight excluding hydrogens is 471 g/mol. The normalized spacial score (nSPS) is 16.5. The molecule has 4 rings (SSSR count). The minimum Gasteiger partial charge on any atom is -0.493 e. The van der Waals surface area contributed by atoms with Gasteiger partial charge in [0.15, 0.2) is 11.5 Å². The summed E-state index contributed by atoms with van der Waals surface area (Å²) in [4.78, 5) is 15.0.